The fourth-order valence-electron chi connectivity index (χ4n) is 4.01. The Morgan fingerprint density at radius 3 is 2.70 bits per heavy atom. The van der Waals surface area contributed by atoms with Gasteiger partial charge >= 0.3 is 0 Å². The van der Waals surface area contributed by atoms with E-state index in [1.165, 1.54) is 44.9 Å². The fourth-order valence-corrected chi connectivity index (χ4v) is 4.01. The number of fused-ring (bicyclic) bond motifs is 1. The molecule has 0 radical (unpaired) electrons. The molecular weight excluding hydrogens is 293 g/mol. The second-order valence-electron chi connectivity index (χ2n) is 7.33. The first kappa shape index (κ1) is 15.4. The minimum atomic E-state index is -0.178. The number of ether oxygens (including phenoxy) is 2. The topological polar surface area (TPSA) is 21.7 Å². The van der Waals surface area contributed by atoms with E-state index < -0.39 is 0 Å². The normalized spacial score (nSPS) is 22.0. The molecule has 1 aliphatic heterocycles. The van der Waals surface area contributed by atoms with Gasteiger partial charge in [-0.1, -0.05) is 19.3 Å². The lowest BCUT2D eigenvalue weighted by Crippen LogP contribution is -2.38. The van der Waals surface area contributed by atoms with Gasteiger partial charge in [0, 0.05) is 30.3 Å². The van der Waals surface area contributed by atoms with E-state index >= 15 is 0 Å². The Bertz CT molecular complexity index is 553. The predicted molar refractivity (Wildman–Crippen MR) is 86.7 cm³/mol. The molecule has 0 bridgehead atoms. The molecule has 23 heavy (non-hydrogen) atoms. The van der Waals surface area contributed by atoms with E-state index in [0.29, 0.717) is 12.6 Å². The van der Waals surface area contributed by atoms with Crippen molar-refractivity contribution < 1.29 is 13.9 Å². The van der Waals surface area contributed by atoms with Crippen molar-refractivity contribution in [2.75, 3.05) is 13.3 Å². The summed E-state index contributed by atoms with van der Waals surface area (Å²) in [5, 5.41) is 0. The van der Waals surface area contributed by atoms with E-state index in [1.54, 1.807) is 12.1 Å². The number of hydrogen-bond donors (Lipinski definition) is 0. The number of hydrogen-bond acceptors (Lipinski definition) is 3. The summed E-state index contributed by atoms with van der Waals surface area (Å²) in [4.78, 5) is 2.60. The molecule has 3 aliphatic rings. The van der Waals surface area contributed by atoms with Crippen molar-refractivity contribution in [2.45, 2.75) is 64.1 Å². The molecule has 1 aromatic carbocycles. The standard InChI is InChI=1S/C19H26FNO2/c20-17-8-15(19-16(9-17)12-22-13-23-19)11-21(10-14-6-7-14)18-4-2-1-3-5-18/h8-9,14,18H,1-7,10-13H2. The van der Waals surface area contributed by atoms with Crippen LogP contribution in [0.15, 0.2) is 12.1 Å². The van der Waals surface area contributed by atoms with Crippen molar-refractivity contribution in [1.29, 1.82) is 0 Å². The van der Waals surface area contributed by atoms with Gasteiger partial charge < -0.3 is 9.47 Å². The van der Waals surface area contributed by atoms with Gasteiger partial charge in [0.1, 0.15) is 11.6 Å². The van der Waals surface area contributed by atoms with Gasteiger partial charge in [-0.25, -0.2) is 4.39 Å². The highest BCUT2D eigenvalue weighted by Gasteiger charge is 2.30. The summed E-state index contributed by atoms with van der Waals surface area (Å²) in [5.41, 5.74) is 1.84. The lowest BCUT2D eigenvalue weighted by molar-refractivity contribution is -0.0179. The van der Waals surface area contributed by atoms with Crippen LogP contribution in [0.2, 0.25) is 0 Å². The van der Waals surface area contributed by atoms with E-state index in [-0.39, 0.29) is 12.6 Å². The highest BCUT2D eigenvalue weighted by atomic mass is 19.1. The van der Waals surface area contributed by atoms with Crippen molar-refractivity contribution in [3.05, 3.63) is 29.1 Å². The fraction of sp³-hybridized carbons (Fsp3) is 0.684. The van der Waals surface area contributed by atoms with Gasteiger partial charge in [0.05, 0.1) is 6.61 Å². The van der Waals surface area contributed by atoms with Crippen LogP contribution in [0.5, 0.6) is 5.75 Å². The van der Waals surface area contributed by atoms with Crippen LogP contribution in [0.25, 0.3) is 0 Å². The molecule has 3 nitrogen and oxygen atoms in total. The largest absolute Gasteiger partial charge is 0.467 e. The predicted octanol–water partition coefficient (Wildman–Crippen LogP) is 4.24. The average Bonchev–Trinajstić information content (AvgIpc) is 3.39. The lowest BCUT2D eigenvalue weighted by Gasteiger charge is -2.35. The van der Waals surface area contributed by atoms with Crippen molar-refractivity contribution in [2.24, 2.45) is 5.92 Å². The molecule has 2 fully saturated rings. The van der Waals surface area contributed by atoms with Crippen LogP contribution >= 0.6 is 0 Å². The molecule has 1 heterocycles. The zero-order valence-electron chi connectivity index (χ0n) is 13.7. The molecule has 0 amide bonds. The Hall–Kier alpha value is -1.13. The van der Waals surface area contributed by atoms with Crippen LogP contribution in [0.3, 0.4) is 0 Å². The Labute approximate surface area is 137 Å². The smallest absolute Gasteiger partial charge is 0.189 e. The summed E-state index contributed by atoms with van der Waals surface area (Å²) in [7, 11) is 0. The summed E-state index contributed by atoms with van der Waals surface area (Å²) in [6.07, 6.45) is 9.31. The summed E-state index contributed by atoms with van der Waals surface area (Å²) < 4.78 is 25.0. The van der Waals surface area contributed by atoms with E-state index in [4.69, 9.17) is 9.47 Å². The highest BCUT2D eigenvalue weighted by Crippen LogP contribution is 2.36. The first-order valence-corrected chi connectivity index (χ1v) is 9.05. The zero-order chi connectivity index (χ0) is 15.6. The van der Waals surface area contributed by atoms with E-state index in [9.17, 15) is 4.39 Å². The first-order chi connectivity index (χ1) is 11.3. The molecule has 0 atom stereocenters. The Morgan fingerprint density at radius 2 is 1.91 bits per heavy atom. The van der Waals surface area contributed by atoms with Crippen molar-refractivity contribution in [1.82, 2.24) is 4.90 Å². The minimum absolute atomic E-state index is 0.178. The van der Waals surface area contributed by atoms with Gasteiger partial charge in [0.2, 0.25) is 0 Å². The van der Waals surface area contributed by atoms with E-state index in [2.05, 4.69) is 4.90 Å². The van der Waals surface area contributed by atoms with Gasteiger partial charge in [0.25, 0.3) is 0 Å². The molecule has 0 unspecified atom stereocenters. The maximum atomic E-state index is 14.0. The highest BCUT2D eigenvalue weighted by molar-refractivity contribution is 5.42. The van der Waals surface area contributed by atoms with Gasteiger partial charge in [-0.2, -0.15) is 0 Å². The Balaban J connectivity index is 1.56. The molecule has 0 aromatic heterocycles. The van der Waals surface area contributed by atoms with Crippen LogP contribution in [-0.2, 0) is 17.9 Å². The monoisotopic (exact) mass is 319 g/mol. The zero-order valence-corrected chi connectivity index (χ0v) is 13.7. The molecule has 1 aromatic rings. The molecule has 0 N–H and O–H groups in total. The quantitative estimate of drug-likeness (QED) is 0.810. The molecule has 126 valence electrons. The minimum Gasteiger partial charge on any atom is -0.467 e. The summed E-state index contributed by atoms with van der Waals surface area (Å²) in [6, 6.07) is 3.86. The third-order valence-corrected chi connectivity index (χ3v) is 5.41. The second-order valence-corrected chi connectivity index (χ2v) is 7.33. The van der Waals surface area contributed by atoms with Crippen LogP contribution in [0, 0.1) is 11.7 Å². The van der Waals surface area contributed by atoms with E-state index in [1.807, 2.05) is 0 Å². The van der Waals surface area contributed by atoms with Gasteiger partial charge in [-0.3, -0.25) is 4.90 Å². The first-order valence-electron chi connectivity index (χ1n) is 9.05. The molecule has 2 saturated carbocycles. The second kappa shape index (κ2) is 6.78. The maximum absolute atomic E-state index is 14.0. The van der Waals surface area contributed by atoms with Crippen molar-refractivity contribution in [3.63, 3.8) is 0 Å². The molecule has 0 saturated heterocycles. The summed E-state index contributed by atoms with van der Waals surface area (Å²) in [6.45, 7) is 2.69. The SMILES string of the molecule is Fc1cc2c(c(CN(CC3CC3)C3CCCCC3)c1)OCOC2. The molecule has 2 aliphatic carbocycles. The van der Waals surface area contributed by atoms with Crippen LogP contribution in [-0.4, -0.2) is 24.3 Å². The molecule has 0 spiro atoms. The molecule has 4 heteroatoms. The van der Waals surface area contributed by atoms with Gasteiger partial charge in [-0.05, 0) is 43.7 Å². The third-order valence-electron chi connectivity index (χ3n) is 5.41. The third kappa shape index (κ3) is 3.69. The van der Waals surface area contributed by atoms with Gasteiger partial charge in [0.15, 0.2) is 6.79 Å². The molecule has 4 rings (SSSR count). The number of rotatable bonds is 5. The number of nitrogens with zero attached hydrogens (tertiary/aromatic N) is 1. The van der Waals surface area contributed by atoms with Crippen LogP contribution in [0.1, 0.15) is 56.1 Å². The lowest BCUT2D eigenvalue weighted by atomic mass is 9.93. The Kier molecular flexibility index (Phi) is 4.54. The van der Waals surface area contributed by atoms with Gasteiger partial charge in [-0.15, -0.1) is 0 Å². The average molecular weight is 319 g/mol. The van der Waals surface area contributed by atoms with Crippen molar-refractivity contribution in [3.8, 4) is 5.75 Å². The Morgan fingerprint density at radius 1 is 1.09 bits per heavy atom. The number of halogens is 1. The van der Waals surface area contributed by atoms with E-state index in [0.717, 1.165) is 35.9 Å². The van der Waals surface area contributed by atoms with Crippen LogP contribution < -0.4 is 4.74 Å². The maximum Gasteiger partial charge on any atom is 0.189 e. The number of benzene rings is 1. The van der Waals surface area contributed by atoms with Crippen LogP contribution in [0.4, 0.5) is 4.39 Å². The summed E-state index contributed by atoms with van der Waals surface area (Å²) in [5.74, 6) is 1.53. The summed E-state index contributed by atoms with van der Waals surface area (Å²) >= 11 is 0. The molecular formula is C19H26FNO2. The van der Waals surface area contributed by atoms with Crippen molar-refractivity contribution >= 4 is 0 Å².